The van der Waals surface area contributed by atoms with E-state index in [4.69, 9.17) is 0 Å². The van der Waals surface area contributed by atoms with Gasteiger partial charge in [-0.2, -0.15) is 0 Å². The highest BCUT2D eigenvalue weighted by Crippen LogP contribution is 2.11. The molecule has 0 spiro atoms. The van der Waals surface area contributed by atoms with Crippen molar-refractivity contribution in [3.8, 4) is 0 Å². The van der Waals surface area contributed by atoms with Crippen LogP contribution in [0.4, 0.5) is 4.39 Å². The van der Waals surface area contributed by atoms with Crippen molar-refractivity contribution in [3.05, 3.63) is 35.6 Å². The zero-order valence-corrected chi connectivity index (χ0v) is 10.9. The number of hydrogen-bond acceptors (Lipinski definition) is 2. The van der Waals surface area contributed by atoms with E-state index >= 15 is 0 Å². The number of benzene rings is 1. The summed E-state index contributed by atoms with van der Waals surface area (Å²) in [6.45, 7) is 2.98. The summed E-state index contributed by atoms with van der Waals surface area (Å²) in [5.41, 5.74) is 1.02. The molecule has 0 unspecified atom stereocenters. The maximum atomic E-state index is 12.9. The zero-order chi connectivity index (χ0) is 12.6. The predicted molar refractivity (Wildman–Crippen MR) is 73.0 cm³/mol. The topological polar surface area (TPSA) is 24.1 Å². The second-order valence-electron chi connectivity index (χ2n) is 5.10. The lowest BCUT2D eigenvalue weighted by Crippen LogP contribution is -2.21. The molecular formula is C15H23FN2. The number of unbranched alkanes of at least 4 members (excludes halogenated alkanes) is 1. The Morgan fingerprint density at radius 1 is 1.33 bits per heavy atom. The Hall–Kier alpha value is -0.930. The second kappa shape index (κ2) is 7.49. The van der Waals surface area contributed by atoms with Crippen molar-refractivity contribution in [3.63, 3.8) is 0 Å². The molecule has 1 aliphatic rings. The molecule has 1 saturated heterocycles. The van der Waals surface area contributed by atoms with Gasteiger partial charge >= 0.3 is 0 Å². The Morgan fingerprint density at radius 2 is 2.28 bits per heavy atom. The van der Waals surface area contributed by atoms with Crippen LogP contribution >= 0.6 is 0 Å². The highest BCUT2D eigenvalue weighted by molar-refractivity contribution is 5.15. The van der Waals surface area contributed by atoms with Gasteiger partial charge in [0.2, 0.25) is 0 Å². The summed E-state index contributed by atoms with van der Waals surface area (Å²) in [6, 6.07) is 7.55. The molecule has 0 amide bonds. The Morgan fingerprint density at radius 3 is 3.06 bits per heavy atom. The number of nitrogens with one attached hydrogen (secondary N) is 2. The third-order valence-corrected chi connectivity index (χ3v) is 3.54. The molecule has 1 atom stereocenters. The van der Waals surface area contributed by atoms with E-state index < -0.39 is 0 Å². The molecule has 2 nitrogen and oxygen atoms in total. The molecule has 0 saturated carbocycles. The van der Waals surface area contributed by atoms with Gasteiger partial charge in [-0.05, 0) is 56.5 Å². The molecule has 100 valence electrons. The molecule has 1 aromatic carbocycles. The summed E-state index contributed by atoms with van der Waals surface area (Å²) < 4.78 is 12.9. The fraction of sp³-hybridized carbons (Fsp3) is 0.600. The molecule has 0 radical (unpaired) electrons. The zero-order valence-electron chi connectivity index (χ0n) is 10.9. The summed E-state index contributed by atoms with van der Waals surface area (Å²) in [4.78, 5) is 0. The van der Waals surface area contributed by atoms with Crippen molar-refractivity contribution < 1.29 is 4.39 Å². The normalized spacial score (nSPS) is 19.3. The van der Waals surface area contributed by atoms with Crippen molar-refractivity contribution >= 4 is 0 Å². The van der Waals surface area contributed by atoms with E-state index in [0.717, 1.165) is 24.7 Å². The Labute approximate surface area is 109 Å². The molecule has 0 aliphatic carbocycles. The van der Waals surface area contributed by atoms with Crippen LogP contribution in [0.5, 0.6) is 0 Å². The van der Waals surface area contributed by atoms with Crippen LogP contribution in [0.1, 0.15) is 37.7 Å². The number of rotatable bonds is 7. The van der Waals surface area contributed by atoms with Crippen LogP contribution in [-0.4, -0.2) is 19.1 Å². The lowest BCUT2D eigenvalue weighted by atomic mass is 10.1. The molecule has 2 N–H and O–H groups in total. The summed E-state index contributed by atoms with van der Waals surface area (Å²) >= 11 is 0. The standard InChI is InChI=1S/C15H23FN2/c16-14-6-3-5-13(11-14)12-17-9-2-1-7-15-8-4-10-18-15/h3,5-6,11,15,17-18H,1-2,4,7-10,12H2/t15-/m0/s1. The molecular weight excluding hydrogens is 227 g/mol. The van der Waals surface area contributed by atoms with E-state index in [0.29, 0.717) is 0 Å². The summed E-state index contributed by atoms with van der Waals surface area (Å²) in [5.74, 6) is -0.151. The predicted octanol–water partition coefficient (Wildman–Crippen LogP) is 2.84. The van der Waals surface area contributed by atoms with Gasteiger partial charge < -0.3 is 10.6 Å². The summed E-state index contributed by atoms with van der Waals surface area (Å²) in [7, 11) is 0. The maximum absolute atomic E-state index is 12.9. The highest BCUT2D eigenvalue weighted by atomic mass is 19.1. The SMILES string of the molecule is Fc1cccc(CNCCCC[C@H]2CCCN2)c1. The van der Waals surface area contributed by atoms with Gasteiger partial charge in [0.25, 0.3) is 0 Å². The molecule has 3 heteroatoms. The number of hydrogen-bond donors (Lipinski definition) is 2. The van der Waals surface area contributed by atoms with Gasteiger partial charge in [-0.3, -0.25) is 0 Å². The smallest absolute Gasteiger partial charge is 0.123 e. The molecule has 1 aliphatic heterocycles. The quantitative estimate of drug-likeness (QED) is 0.727. The van der Waals surface area contributed by atoms with Crippen LogP contribution in [0.25, 0.3) is 0 Å². The van der Waals surface area contributed by atoms with E-state index in [1.165, 1.54) is 44.7 Å². The van der Waals surface area contributed by atoms with E-state index in [9.17, 15) is 4.39 Å². The first kappa shape index (κ1) is 13.5. The van der Waals surface area contributed by atoms with E-state index in [1.807, 2.05) is 6.07 Å². The van der Waals surface area contributed by atoms with Crippen LogP contribution in [0.2, 0.25) is 0 Å². The van der Waals surface area contributed by atoms with Crippen LogP contribution in [0.15, 0.2) is 24.3 Å². The van der Waals surface area contributed by atoms with Crippen molar-refractivity contribution in [2.24, 2.45) is 0 Å². The van der Waals surface area contributed by atoms with Crippen LogP contribution in [0, 0.1) is 5.82 Å². The fourth-order valence-corrected chi connectivity index (χ4v) is 2.52. The first-order valence-electron chi connectivity index (χ1n) is 7.03. The second-order valence-corrected chi connectivity index (χ2v) is 5.10. The lowest BCUT2D eigenvalue weighted by Gasteiger charge is -2.09. The van der Waals surface area contributed by atoms with Gasteiger partial charge in [0, 0.05) is 12.6 Å². The van der Waals surface area contributed by atoms with Gasteiger partial charge in [0.1, 0.15) is 5.82 Å². The van der Waals surface area contributed by atoms with Crippen molar-refractivity contribution in [2.45, 2.75) is 44.7 Å². The summed E-state index contributed by atoms with van der Waals surface area (Å²) in [5, 5.41) is 6.88. The van der Waals surface area contributed by atoms with Gasteiger partial charge in [0.05, 0.1) is 0 Å². The first-order chi connectivity index (χ1) is 8.84. The largest absolute Gasteiger partial charge is 0.314 e. The van der Waals surface area contributed by atoms with Crippen LogP contribution in [0.3, 0.4) is 0 Å². The molecule has 18 heavy (non-hydrogen) atoms. The number of halogens is 1. The fourth-order valence-electron chi connectivity index (χ4n) is 2.52. The van der Waals surface area contributed by atoms with Gasteiger partial charge in [-0.25, -0.2) is 4.39 Å². The third-order valence-electron chi connectivity index (χ3n) is 3.54. The summed E-state index contributed by atoms with van der Waals surface area (Å²) in [6.07, 6.45) is 6.45. The molecule has 0 aromatic heterocycles. The highest BCUT2D eigenvalue weighted by Gasteiger charge is 2.12. The van der Waals surface area contributed by atoms with Gasteiger partial charge in [0.15, 0.2) is 0 Å². The minimum absolute atomic E-state index is 0.151. The van der Waals surface area contributed by atoms with Crippen molar-refractivity contribution in [2.75, 3.05) is 13.1 Å². The Bertz CT molecular complexity index is 348. The van der Waals surface area contributed by atoms with E-state index in [1.54, 1.807) is 12.1 Å². The van der Waals surface area contributed by atoms with Gasteiger partial charge in [-0.15, -0.1) is 0 Å². The maximum Gasteiger partial charge on any atom is 0.123 e. The Balaban J connectivity index is 1.50. The van der Waals surface area contributed by atoms with Crippen LogP contribution < -0.4 is 10.6 Å². The minimum Gasteiger partial charge on any atom is -0.314 e. The van der Waals surface area contributed by atoms with E-state index in [2.05, 4.69) is 10.6 Å². The van der Waals surface area contributed by atoms with Gasteiger partial charge in [-0.1, -0.05) is 18.6 Å². The Kier molecular flexibility index (Phi) is 5.62. The third kappa shape index (κ3) is 4.75. The average Bonchev–Trinajstić information content (AvgIpc) is 2.87. The van der Waals surface area contributed by atoms with Crippen molar-refractivity contribution in [1.29, 1.82) is 0 Å². The lowest BCUT2D eigenvalue weighted by molar-refractivity contribution is 0.510. The van der Waals surface area contributed by atoms with Crippen LogP contribution in [-0.2, 0) is 6.54 Å². The molecule has 1 heterocycles. The van der Waals surface area contributed by atoms with E-state index in [-0.39, 0.29) is 5.82 Å². The molecule has 0 bridgehead atoms. The minimum atomic E-state index is -0.151. The molecule has 2 rings (SSSR count). The monoisotopic (exact) mass is 250 g/mol. The molecule has 1 fully saturated rings. The van der Waals surface area contributed by atoms with Crippen molar-refractivity contribution in [1.82, 2.24) is 10.6 Å². The average molecular weight is 250 g/mol. The molecule has 1 aromatic rings. The first-order valence-corrected chi connectivity index (χ1v) is 7.03.